The van der Waals surface area contributed by atoms with E-state index in [-0.39, 0.29) is 0 Å². The molecule has 1 saturated carbocycles. The van der Waals surface area contributed by atoms with Crippen molar-refractivity contribution in [2.24, 2.45) is 5.92 Å². The number of nitrogens with zero attached hydrogens (tertiary/aromatic N) is 1. The smallest absolute Gasteiger partial charge is 0.0342 e. The van der Waals surface area contributed by atoms with E-state index < -0.39 is 0 Å². The third-order valence-electron chi connectivity index (χ3n) is 3.52. The van der Waals surface area contributed by atoms with Crippen molar-refractivity contribution in [3.05, 3.63) is 29.8 Å². The van der Waals surface area contributed by atoms with Gasteiger partial charge in [0.05, 0.1) is 0 Å². The average molecular weight is 232 g/mol. The van der Waals surface area contributed by atoms with Gasteiger partial charge in [-0.1, -0.05) is 19.1 Å². The summed E-state index contributed by atoms with van der Waals surface area (Å²) in [5.41, 5.74) is 2.65. The van der Waals surface area contributed by atoms with Crippen LogP contribution in [-0.4, -0.2) is 25.0 Å². The average Bonchev–Trinajstić information content (AvgIpc) is 2.66. The molecule has 94 valence electrons. The van der Waals surface area contributed by atoms with Gasteiger partial charge in [-0.25, -0.2) is 0 Å². The SMILES string of the molecule is CC1CCC(Nc2ccc(CN(C)C)cc2)C1. The van der Waals surface area contributed by atoms with Gasteiger partial charge in [0.2, 0.25) is 0 Å². The number of hydrogen-bond donors (Lipinski definition) is 1. The molecule has 1 aliphatic rings. The van der Waals surface area contributed by atoms with Gasteiger partial charge in [-0.05, 0) is 57.0 Å². The molecule has 0 radical (unpaired) electrons. The number of hydrogen-bond acceptors (Lipinski definition) is 2. The second-order valence-corrected chi connectivity index (χ2v) is 5.69. The van der Waals surface area contributed by atoms with Crippen molar-refractivity contribution < 1.29 is 0 Å². The van der Waals surface area contributed by atoms with Crippen molar-refractivity contribution in [1.82, 2.24) is 4.90 Å². The topological polar surface area (TPSA) is 15.3 Å². The number of rotatable bonds is 4. The standard InChI is InChI=1S/C15H24N2/c1-12-4-7-15(10-12)16-14-8-5-13(6-9-14)11-17(2)3/h5-6,8-9,12,15-16H,4,7,10-11H2,1-3H3. The van der Waals surface area contributed by atoms with Gasteiger partial charge >= 0.3 is 0 Å². The van der Waals surface area contributed by atoms with E-state index >= 15 is 0 Å². The Hall–Kier alpha value is -1.02. The Morgan fingerprint density at radius 3 is 2.41 bits per heavy atom. The van der Waals surface area contributed by atoms with Gasteiger partial charge in [-0.3, -0.25) is 0 Å². The first-order valence-electron chi connectivity index (χ1n) is 6.63. The quantitative estimate of drug-likeness (QED) is 0.856. The first-order chi connectivity index (χ1) is 8.13. The highest BCUT2D eigenvalue weighted by molar-refractivity contribution is 5.45. The van der Waals surface area contributed by atoms with E-state index in [0.717, 1.165) is 12.5 Å². The molecular formula is C15H24N2. The van der Waals surface area contributed by atoms with Crippen molar-refractivity contribution >= 4 is 5.69 Å². The second kappa shape index (κ2) is 5.54. The normalized spacial score (nSPS) is 24.2. The van der Waals surface area contributed by atoms with Gasteiger partial charge in [0.25, 0.3) is 0 Å². The molecule has 2 atom stereocenters. The summed E-state index contributed by atoms with van der Waals surface area (Å²) in [6.07, 6.45) is 4.01. The molecule has 0 saturated heterocycles. The summed E-state index contributed by atoms with van der Waals surface area (Å²) in [4.78, 5) is 2.20. The summed E-state index contributed by atoms with van der Waals surface area (Å²) in [5, 5.41) is 3.64. The maximum Gasteiger partial charge on any atom is 0.0342 e. The van der Waals surface area contributed by atoms with E-state index in [4.69, 9.17) is 0 Å². The fourth-order valence-electron chi connectivity index (χ4n) is 2.65. The van der Waals surface area contributed by atoms with Gasteiger partial charge in [-0.2, -0.15) is 0 Å². The van der Waals surface area contributed by atoms with Crippen LogP contribution in [0.15, 0.2) is 24.3 Å². The van der Waals surface area contributed by atoms with Crippen molar-refractivity contribution in [2.45, 2.75) is 38.8 Å². The van der Waals surface area contributed by atoms with Crippen LogP contribution in [0.25, 0.3) is 0 Å². The lowest BCUT2D eigenvalue weighted by molar-refractivity contribution is 0.402. The minimum Gasteiger partial charge on any atom is -0.382 e. The van der Waals surface area contributed by atoms with Crippen molar-refractivity contribution in [3.63, 3.8) is 0 Å². The molecule has 1 aromatic rings. The Labute approximate surface area is 105 Å². The van der Waals surface area contributed by atoms with Crippen LogP contribution in [0.2, 0.25) is 0 Å². The highest BCUT2D eigenvalue weighted by Crippen LogP contribution is 2.27. The molecule has 1 N–H and O–H groups in total. The molecule has 1 fully saturated rings. The third kappa shape index (κ3) is 3.74. The lowest BCUT2D eigenvalue weighted by Crippen LogP contribution is -2.15. The summed E-state index contributed by atoms with van der Waals surface area (Å²) in [6.45, 7) is 3.36. The third-order valence-corrected chi connectivity index (χ3v) is 3.52. The van der Waals surface area contributed by atoms with E-state index in [9.17, 15) is 0 Å². The van der Waals surface area contributed by atoms with Gasteiger partial charge in [0.1, 0.15) is 0 Å². The Morgan fingerprint density at radius 2 is 1.88 bits per heavy atom. The minimum atomic E-state index is 0.685. The summed E-state index contributed by atoms with van der Waals surface area (Å²) in [5.74, 6) is 0.889. The number of nitrogens with one attached hydrogen (secondary N) is 1. The van der Waals surface area contributed by atoms with Crippen LogP contribution in [0.3, 0.4) is 0 Å². The molecule has 0 amide bonds. The zero-order chi connectivity index (χ0) is 12.3. The Bertz CT molecular complexity index is 342. The summed E-state index contributed by atoms with van der Waals surface area (Å²) in [6, 6.07) is 9.55. The maximum atomic E-state index is 3.64. The largest absolute Gasteiger partial charge is 0.382 e. The molecule has 0 aromatic heterocycles. The van der Waals surface area contributed by atoms with Crippen LogP contribution >= 0.6 is 0 Å². The molecule has 2 rings (SSSR count). The van der Waals surface area contributed by atoms with Crippen LogP contribution in [0.5, 0.6) is 0 Å². The fourth-order valence-corrected chi connectivity index (χ4v) is 2.65. The van der Waals surface area contributed by atoms with Gasteiger partial charge in [-0.15, -0.1) is 0 Å². The van der Waals surface area contributed by atoms with Crippen molar-refractivity contribution in [2.75, 3.05) is 19.4 Å². The molecular weight excluding hydrogens is 208 g/mol. The predicted molar refractivity (Wildman–Crippen MR) is 74.3 cm³/mol. The van der Waals surface area contributed by atoms with Gasteiger partial charge < -0.3 is 10.2 Å². The second-order valence-electron chi connectivity index (χ2n) is 5.69. The van der Waals surface area contributed by atoms with Crippen LogP contribution in [0.4, 0.5) is 5.69 Å². The van der Waals surface area contributed by atoms with Gasteiger partial charge in [0.15, 0.2) is 0 Å². The molecule has 0 bridgehead atoms. The highest BCUT2D eigenvalue weighted by Gasteiger charge is 2.20. The fraction of sp³-hybridized carbons (Fsp3) is 0.600. The van der Waals surface area contributed by atoms with E-state index in [1.807, 2.05) is 0 Å². The van der Waals surface area contributed by atoms with Crippen molar-refractivity contribution in [1.29, 1.82) is 0 Å². The van der Waals surface area contributed by atoms with Crippen LogP contribution in [0, 0.1) is 5.92 Å². The Morgan fingerprint density at radius 1 is 1.18 bits per heavy atom. The number of benzene rings is 1. The summed E-state index contributed by atoms with van der Waals surface area (Å²) in [7, 11) is 4.21. The molecule has 0 spiro atoms. The first-order valence-corrected chi connectivity index (χ1v) is 6.63. The summed E-state index contributed by atoms with van der Waals surface area (Å²) < 4.78 is 0. The monoisotopic (exact) mass is 232 g/mol. The predicted octanol–water partition coefficient (Wildman–Crippen LogP) is 3.35. The van der Waals surface area contributed by atoms with Gasteiger partial charge in [0, 0.05) is 18.3 Å². The van der Waals surface area contributed by atoms with Crippen LogP contribution in [-0.2, 0) is 6.54 Å². The highest BCUT2D eigenvalue weighted by atomic mass is 15.0. The lowest BCUT2D eigenvalue weighted by atomic mass is 10.1. The van der Waals surface area contributed by atoms with E-state index in [1.54, 1.807) is 0 Å². The molecule has 0 aliphatic heterocycles. The first kappa shape index (κ1) is 12.4. The minimum absolute atomic E-state index is 0.685. The van der Waals surface area contributed by atoms with Crippen LogP contribution in [0.1, 0.15) is 31.7 Å². The maximum absolute atomic E-state index is 3.64. The van der Waals surface area contributed by atoms with E-state index in [0.29, 0.717) is 6.04 Å². The van der Waals surface area contributed by atoms with E-state index in [2.05, 4.69) is 55.5 Å². The Balaban J connectivity index is 1.89. The molecule has 2 heteroatoms. The van der Waals surface area contributed by atoms with Crippen LogP contribution < -0.4 is 5.32 Å². The molecule has 0 heterocycles. The lowest BCUT2D eigenvalue weighted by Gasteiger charge is -2.15. The zero-order valence-electron chi connectivity index (χ0n) is 11.2. The van der Waals surface area contributed by atoms with E-state index in [1.165, 1.54) is 30.5 Å². The Kier molecular flexibility index (Phi) is 4.06. The molecule has 17 heavy (non-hydrogen) atoms. The molecule has 2 unspecified atom stereocenters. The summed E-state index contributed by atoms with van der Waals surface area (Å²) >= 11 is 0. The number of anilines is 1. The molecule has 1 aliphatic carbocycles. The van der Waals surface area contributed by atoms with Crippen molar-refractivity contribution in [3.8, 4) is 0 Å². The zero-order valence-corrected chi connectivity index (χ0v) is 11.2. The molecule has 1 aromatic carbocycles. The molecule has 2 nitrogen and oxygen atoms in total.